The van der Waals surface area contributed by atoms with Crippen molar-refractivity contribution in [2.75, 3.05) is 13.7 Å². The zero-order chi connectivity index (χ0) is 8.97. The van der Waals surface area contributed by atoms with Crippen molar-refractivity contribution in [3.63, 3.8) is 0 Å². The van der Waals surface area contributed by atoms with Crippen LogP contribution in [0.4, 0.5) is 0 Å². The van der Waals surface area contributed by atoms with Crippen molar-refractivity contribution in [1.29, 1.82) is 0 Å². The van der Waals surface area contributed by atoms with Crippen molar-refractivity contribution in [2.45, 2.75) is 25.0 Å². The van der Waals surface area contributed by atoms with E-state index >= 15 is 0 Å². The summed E-state index contributed by atoms with van der Waals surface area (Å²) in [7, 11) is 1.52. The summed E-state index contributed by atoms with van der Waals surface area (Å²) in [4.78, 5) is 15.1. The molecule has 1 aliphatic rings. The van der Waals surface area contributed by atoms with Crippen LogP contribution in [-0.2, 0) is 14.4 Å². The third-order valence-electron chi connectivity index (χ3n) is 1.84. The van der Waals surface area contributed by atoms with Crippen LogP contribution in [0.1, 0.15) is 12.8 Å². The molecule has 2 N–H and O–H groups in total. The number of carboxylic acid groups (broad SMARTS) is 1. The largest absolute Gasteiger partial charge is 0.479 e. The Labute approximate surface area is 70.6 Å². The van der Waals surface area contributed by atoms with Crippen LogP contribution in [0.2, 0.25) is 0 Å². The molecule has 2 atom stereocenters. The Hall–Kier alpha value is -0.650. The van der Waals surface area contributed by atoms with E-state index in [4.69, 9.17) is 9.84 Å². The minimum Gasteiger partial charge on any atom is -0.479 e. The van der Waals surface area contributed by atoms with E-state index in [1.807, 2.05) is 0 Å². The van der Waals surface area contributed by atoms with Gasteiger partial charge in [-0.3, -0.25) is 0 Å². The molecule has 0 aromatic carbocycles. The molecular weight excluding hydrogens is 162 g/mol. The number of hydrogen-bond acceptors (Lipinski definition) is 4. The van der Waals surface area contributed by atoms with E-state index in [1.165, 1.54) is 7.11 Å². The number of rotatable bonds is 4. The van der Waals surface area contributed by atoms with Gasteiger partial charge in [-0.1, -0.05) is 0 Å². The molecule has 0 amide bonds. The first-order valence-corrected chi connectivity index (χ1v) is 3.88. The lowest BCUT2D eigenvalue weighted by Crippen LogP contribution is -2.28. The predicted octanol–water partition coefficient (Wildman–Crippen LogP) is -0.230. The maximum Gasteiger partial charge on any atom is 0.332 e. The standard InChI is InChI=1S/C7H13NO4/c1-11-8-4-5-2-3-6(12-5)7(9)10/h5-6,8H,2-4H2,1H3,(H,9,10). The molecule has 0 radical (unpaired) electrons. The fraction of sp³-hybridized carbons (Fsp3) is 0.857. The quantitative estimate of drug-likeness (QED) is 0.578. The molecule has 12 heavy (non-hydrogen) atoms. The lowest BCUT2D eigenvalue weighted by atomic mass is 10.2. The maximum absolute atomic E-state index is 10.4. The van der Waals surface area contributed by atoms with Gasteiger partial charge < -0.3 is 14.7 Å². The van der Waals surface area contributed by atoms with Crippen molar-refractivity contribution in [3.05, 3.63) is 0 Å². The molecule has 0 saturated carbocycles. The van der Waals surface area contributed by atoms with Gasteiger partial charge in [-0.25, -0.2) is 10.3 Å². The van der Waals surface area contributed by atoms with Gasteiger partial charge in [0.25, 0.3) is 0 Å². The molecule has 0 aromatic rings. The number of ether oxygens (including phenoxy) is 1. The summed E-state index contributed by atoms with van der Waals surface area (Å²) in [5.41, 5.74) is 2.63. The van der Waals surface area contributed by atoms with Crippen molar-refractivity contribution >= 4 is 5.97 Å². The average molecular weight is 175 g/mol. The van der Waals surface area contributed by atoms with E-state index in [2.05, 4.69) is 10.3 Å². The molecule has 0 bridgehead atoms. The maximum atomic E-state index is 10.4. The van der Waals surface area contributed by atoms with Gasteiger partial charge in [0.2, 0.25) is 0 Å². The first kappa shape index (κ1) is 9.44. The van der Waals surface area contributed by atoms with Crippen molar-refractivity contribution in [1.82, 2.24) is 5.48 Å². The number of hydroxylamine groups is 1. The number of hydrogen-bond donors (Lipinski definition) is 2. The number of carbonyl (C=O) groups is 1. The molecule has 0 aliphatic carbocycles. The molecule has 5 heteroatoms. The first-order valence-electron chi connectivity index (χ1n) is 3.88. The third kappa shape index (κ3) is 2.44. The molecular formula is C7H13NO4. The molecule has 2 unspecified atom stereocenters. The molecule has 0 aromatic heterocycles. The second-order valence-corrected chi connectivity index (χ2v) is 2.71. The van der Waals surface area contributed by atoms with Crippen molar-refractivity contribution in [2.24, 2.45) is 0 Å². The smallest absolute Gasteiger partial charge is 0.332 e. The highest BCUT2D eigenvalue weighted by Crippen LogP contribution is 2.18. The number of aliphatic carboxylic acids is 1. The Morgan fingerprint density at radius 1 is 1.75 bits per heavy atom. The summed E-state index contributed by atoms with van der Waals surface area (Å²) in [6.45, 7) is 0.542. The number of carboxylic acids is 1. The third-order valence-corrected chi connectivity index (χ3v) is 1.84. The second kappa shape index (κ2) is 4.39. The van der Waals surface area contributed by atoms with E-state index in [-0.39, 0.29) is 6.10 Å². The van der Waals surface area contributed by atoms with E-state index in [0.29, 0.717) is 13.0 Å². The van der Waals surface area contributed by atoms with Crippen LogP contribution in [0.5, 0.6) is 0 Å². The van der Waals surface area contributed by atoms with Gasteiger partial charge in [0, 0.05) is 6.54 Å². The fourth-order valence-electron chi connectivity index (χ4n) is 1.21. The van der Waals surface area contributed by atoms with Crippen LogP contribution in [0.3, 0.4) is 0 Å². The minimum absolute atomic E-state index is 0.0361. The predicted molar refractivity (Wildman–Crippen MR) is 40.5 cm³/mol. The summed E-state index contributed by atoms with van der Waals surface area (Å²) >= 11 is 0. The SMILES string of the molecule is CONCC1CCC(C(=O)O)O1. The highest BCUT2D eigenvalue weighted by Gasteiger charge is 2.29. The zero-order valence-corrected chi connectivity index (χ0v) is 6.95. The normalized spacial score (nSPS) is 29.1. The van der Waals surface area contributed by atoms with E-state index in [0.717, 1.165) is 6.42 Å². The topological polar surface area (TPSA) is 67.8 Å². The summed E-state index contributed by atoms with van der Waals surface area (Å²) in [5.74, 6) is -0.880. The molecule has 5 nitrogen and oxygen atoms in total. The Balaban J connectivity index is 2.21. The van der Waals surface area contributed by atoms with Gasteiger partial charge >= 0.3 is 5.97 Å². The van der Waals surface area contributed by atoms with Crippen LogP contribution in [0.15, 0.2) is 0 Å². The molecule has 1 heterocycles. The Bertz CT molecular complexity index is 161. The molecule has 1 saturated heterocycles. The number of nitrogens with one attached hydrogen (secondary N) is 1. The first-order chi connectivity index (χ1) is 5.74. The molecule has 1 rings (SSSR count). The van der Waals surface area contributed by atoms with Gasteiger partial charge in [-0.15, -0.1) is 0 Å². The molecule has 0 spiro atoms. The average Bonchev–Trinajstić information content (AvgIpc) is 2.48. The van der Waals surface area contributed by atoms with Crippen LogP contribution in [0, 0.1) is 0 Å². The van der Waals surface area contributed by atoms with Gasteiger partial charge in [0.1, 0.15) is 0 Å². The zero-order valence-electron chi connectivity index (χ0n) is 6.95. The Morgan fingerprint density at radius 2 is 2.50 bits per heavy atom. The molecule has 1 fully saturated rings. The van der Waals surface area contributed by atoms with Gasteiger partial charge in [0.15, 0.2) is 6.10 Å². The summed E-state index contributed by atoms with van der Waals surface area (Å²) in [6, 6.07) is 0. The Kier molecular flexibility index (Phi) is 3.46. The van der Waals surface area contributed by atoms with Crippen LogP contribution < -0.4 is 5.48 Å². The molecule has 1 aliphatic heterocycles. The van der Waals surface area contributed by atoms with Gasteiger partial charge in [-0.05, 0) is 12.8 Å². The van der Waals surface area contributed by atoms with E-state index < -0.39 is 12.1 Å². The second-order valence-electron chi connectivity index (χ2n) is 2.71. The van der Waals surface area contributed by atoms with Crippen LogP contribution in [-0.4, -0.2) is 36.9 Å². The summed E-state index contributed by atoms with van der Waals surface area (Å²) in [6.07, 6.45) is 0.693. The summed E-state index contributed by atoms with van der Waals surface area (Å²) in [5, 5.41) is 8.58. The van der Waals surface area contributed by atoms with Crippen molar-refractivity contribution in [3.8, 4) is 0 Å². The van der Waals surface area contributed by atoms with Crippen molar-refractivity contribution < 1.29 is 19.5 Å². The van der Waals surface area contributed by atoms with E-state index in [1.54, 1.807) is 0 Å². The van der Waals surface area contributed by atoms with Gasteiger partial charge in [-0.2, -0.15) is 0 Å². The monoisotopic (exact) mass is 175 g/mol. The minimum atomic E-state index is -0.880. The summed E-state index contributed by atoms with van der Waals surface area (Å²) < 4.78 is 5.18. The van der Waals surface area contributed by atoms with Gasteiger partial charge in [0.05, 0.1) is 13.2 Å². The van der Waals surface area contributed by atoms with E-state index in [9.17, 15) is 4.79 Å². The highest BCUT2D eigenvalue weighted by molar-refractivity contribution is 5.72. The lowest BCUT2D eigenvalue weighted by Gasteiger charge is -2.10. The Morgan fingerprint density at radius 3 is 3.00 bits per heavy atom. The highest BCUT2D eigenvalue weighted by atomic mass is 16.6. The van der Waals surface area contributed by atoms with Crippen LogP contribution in [0.25, 0.3) is 0 Å². The van der Waals surface area contributed by atoms with Crippen LogP contribution >= 0.6 is 0 Å². The fourth-order valence-corrected chi connectivity index (χ4v) is 1.21. The molecule has 70 valence electrons. The lowest BCUT2D eigenvalue weighted by molar-refractivity contribution is -0.149.